The summed E-state index contributed by atoms with van der Waals surface area (Å²) in [6.45, 7) is 0.720. The van der Waals surface area contributed by atoms with Gasteiger partial charge in [0, 0.05) is 6.54 Å². The number of pyridine rings is 1. The standard InChI is InChI=1S/C12H13N3O/c13-7-10-5-2-6-11(15-10)12(16)14-8-9-3-1-4-9/h2,5-6,9H,1,3-4,8H2,(H,14,16). The number of hydrogen-bond acceptors (Lipinski definition) is 3. The average molecular weight is 215 g/mol. The molecule has 0 bridgehead atoms. The minimum atomic E-state index is -0.191. The molecule has 0 aromatic carbocycles. The molecule has 1 amide bonds. The summed E-state index contributed by atoms with van der Waals surface area (Å²) >= 11 is 0. The van der Waals surface area contributed by atoms with Crippen molar-refractivity contribution in [2.45, 2.75) is 19.3 Å². The predicted molar refractivity (Wildman–Crippen MR) is 58.6 cm³/mol. The average Bonchev–Trinajstić information content (AvgIpc) is 2.27. The number of rotatable bonds is 3. The highest BCUT2D eigenvalue weighted by molar-refractivity contribution is 5.92. The molecule has 1 aromatic heterocycles. The summed E-state index contributed by atoms with van der Waals surface area (Å²) in [5, 5.41) is 11.5. The number of carbonyl (C=O) groups excluding carboxylic acids is 1. The van der Waals surface area contributed by atoms with Gasteiger partial charge < -0.3 is 5.32 Å². The third-order valence-corrected chi connectivity index (χ3v) is 2.87. The smallest absolute Gasteiger partial charge is 0.269 e. The molecule has 0 spiro atoms. The van der Waals surface area contributed by atoms with Crippen LogP contribution in [0.25, 0.3) is 0 Å². The first-order valence-corrected chi connectivity index (χ1v) is 5.45. The van der Waals surface area contributed by atoms with E-state index in [0.29, 0.717) is 11.6 Å². The molecule has 4 heteroatoms. The Balaban J connectivity index is 1.94. The second-order valence-corrected chi connectivity index (χ2v) is 4.03. The van der Waals surface area contributed by atoms with Crippen LogP contribution in [-0.2, 0) is 0 Å². The van der Waals surface area contributed by atoms with Crippen LogP contribution < -0.4 is 5.32 Å². The van der Waals surface area contributed by atoms with Crippen LogP contribution in [0.3, 0.4) is 0 Å². The zero-order valence-electron chi connectivity index (χ0n) is 8.94. The van der Waals surface area contributed by atoms with Crippen LogP contribution in [0.1, 0.15) is 35.4 Å². The van der Waals surface area contributed by atoms with E-state index in [1.165, 1.54) is 19.3 Å². The molecule has 0 saturated heterocycles. The van der Waals surface area contributed by atoms with Crippen molar-refractivity contribution in [3.05, 3.63) is 29.6 Å². The lowest BCUT2D eigenvalue weighted by atomic mass is 9.85. The van der Waals surface area contributed by atoms with Crippen molar-refractivity contribution in [2.75, 3.05) is 6.54 Å². The number of nitrogens with zero attached hydrogens (tertiary/aromatic N) is 2. The Morgan fingerprint density at radius 2 is 2.38 bits per heavy atom. The summed E-state index contributed by atoms with van der Waals surface area (Å²) in [7, 11) is 0. The van der Waals surface area contributed by atoms with Gasteiger partial charge >= 0.3 is 0 Å². The third kappa shape index (κ3) is 2.37. The van der Waals surface area contributed by atoms with Crippen LogP contribution in [0.5, 0.6) is 0 Å². The Morgan fingerprint density at radius 3 is 3.00 bits per heavy atom. The van der Waals surface area contributed by atoms with E-state index in [1.807, 2.05) is 6.07 Å². The van der Waals surface area contributed by atoms with Crippen LogP contribution in [-0.4, -0.2) is 17.4 Å². The number of nitrogens with one attached hydrogen (secondary N) is 1. The fourth-order valence-electron chi connectivity index (χ4n) is 1.65. The minimum Gasteiger partial charge on any atom is -0.350 e. The summed E-state index contributed by atoms with van der Waals surface area (Å²) in [4.78, 5) is 15.6. The summed E-state index contributed by atoms with van der Waals surface area (Å²) in [5.74, 6) is 0.437. The van der Waals surface area contributed by atoms with Gasteiger partial charge in [0.05, 0.1) is 0 Å². The second-order valence-electron chi connectivity index (χ2n) is 4.03. The van der Waals surface area contributed by atoms with Crippen LogP contribution in [0.2, 0.25) is 0 Å². The molecule has 2 rings (SSSR count). The molecule has 4 nitrogen and oxygen atoms in total. The molecule has 1 heterocycles. The number of amides is 1. The summed E-state index contributed by atoms with van der Waals surface area (Å²) in [6, 6.07) is 6.80. The van der Waals surface area contributed by atoms with Gasteiger partial charge in [-0.1, -0.05) is 12.5 Å². The number of hydrogen-bond donors (Lipinski definition) is 1. The van der Waals surface area contributed by atoms with Crippen molar-refractivity contribution in [3.63, 3.8) is 0 Å². The molecule has 0 unspecified atom stereocenters. The molecule has 1 N–H and O–H groups in total. The quantitative estimate of drug-likeness (QED) is 0.830. The van der Waals surface area contributed by atoms with E-state index in [1.54, 1.807) is 18.2 Å². The zero-order chi connectivity index (χ0) is 11.4. The van der Waals surface area contributed by atoms with E-state index in [0.717, 1.165) is 6.54 Å². The molecule has 0 atom stereocenters. The highest BCUT2D eigenvalue weighted by Crippen LogP contribution is 2.25. The fourth-order valence-corrected chi connectivity index (χ4v) is 1.65. The number of carbonyl (C=O) groups is 1. The largest absolute Gasteiger partial charge is 0.350 e. The van der Waals surface area contributed by atoms with E-state index in [2.05, 4.69) is 10.3 Å². The second kappa shape index (κ2) is 4.75. The Bertz CT molecular complexity index is 432. The van der Waals surface area contributed by atoms with Crippen LogP contribution in [0, 0.1) is 17.2 Å². The van der Waals surface area contributed by atoms with Crippen molar-refractivity contribution in [3.8, 4) is 6.07 Å². The van der Waals surface area contributed by atoms with Gasteiger partial charge in [-0.25, -0.2) is 4.98 Å². The molecule has 82 valence electrons. The molecular formula is C12H13N3O. The van der Waals surface area contributed by atoms with Crippen molar-refractivity contribution in [2.24, 2.45) is 5.92 Å². The van der Waals surface area contributed by atoms with Gasteiger partial charge in [0.2, 0.25) is 0 Å². The van der Waals surface area contributed by atoms with Gasteiger partial charge in [-0.15, -0.1) is 0 Å². The SMILES string of the molecule is N#Cc1cccc(C(=O)NCC2CCC2)n1. The zero-order valence-corrected chi connectivity index (χ0v) is 8.94. The normalized spacial score (nSPS) is 14.9. The molecule has 1 aliphatic rings. The summed E-state index contributed by atoms with van der Waals surface area (Å²) < 4.78 is 0. The maximum Gasteiger partial charge on any atom is 0.269 e. The fraction of sp³-hybridized carbons (Fsp3) is 0.417. The van der Waals surface area contributed by atoms with Crippen LogP contribution in [0.15, 0.2) is 18.2 Å². The van der Waals surface area contributed by atoms with E-state index >= 15 is 0 Å². The molecule has 0 aliphatic heterocycles. The summed E-state index contributed by atoms with van der Waals surface area (Å²) in [6.07, 6.45) is 3.67. The Labute approximate surface area is 94.3 Å². The highest BCUT2D eigenvalue weighted by Gasteiger charge is 2.18. The maximum absolute atomic E-state index is 11.7. The maximum atomic E-state index is 11.7. The first-order valence-electron chi connectivity index (χ1n) is 5.45. The van der Waals surface area contributed by atoms with Crippen molar-refractivity contribution >= 4 is 5.91 Å². The summed E-state index contributed by atoms with van der Waals surface area (Å²) in [5.41, 5.74) is 0.592. The van der Waals surface area contributed by atoms with Crippen molar-refractivity contribution in [1.29, 1.82) is 5.26 Å². The van der Waals surface area contributed by atoms with Crippen molar-refractivity contribution < 1.29 is 4.79 Å². The Hall–Kier alpha value is -1.89. The molecule has 1 aromatic rings. The predicted octanol–water partition coefficient (Wildman–Crippen LogP) is 1.48. The first-order chi connectivity index (χ1) is 7.79. The van der Waals surface area contributed by atoms with Gasteiger partial charge in [0.25, 0.3) is 5.91 Å². The minimum absolute atomic E-state index is 0.191. The van der Waals surface area contributed by atoms with Gasteiger partial charge in [0.1, 0.15) is 17.5 Å². The van der Waals surface area contributed by atoms with E-state index < -0.39 is 0 Å². The van der Waals surface area contributed by atoms with Gasteiger partial charge in [-0.05, 0) is 30.9 Å². The Morgan fingerprint density at radius 1 is 1.56 bits per heavy atom. The molecule has 0 radical (unpaired) electrons. The van der Waals surface area contributed by atoms with Gasteiger partial charge in [0.15, 0.2) is 0 Å². The van der Waals surface area contributed by atoms with E-state index in [-0.39, 0.29) is 11.6 Å². The van der Waals surface area contributed by atoms with E-state index in [4.69, 9.17) is 5.26 Å². The van der Waals surface area contributed by atoms with Crippen molar-refractivity contribution in [1.82, 2.24) is 10.3 Å². The van der Waals surface area contributed by atoms with Gasteiger partial charge in [-0.3, -0.25) is 4.79 Å². The van der Waals surface area contributed by atoms with Gasteiger partial charge in [-0.2, -0.15) is 5.26 Å². The number of aromatic nitrogens is 1. The third-order valence-electron chi connectivity index (χ3n) is 2.87. The molecular weight excluding hydrogens is 202 g/mol. The topological polar surface area (TPSA) is 65.8 Å². The Kier molecular flexibility index (Phi) is 3.16. The number of nitriles is 1. The van der Waals surface area contributed by atoms with Crippen LogP contribution in [0.4, 0.5) is 0 Å². The lowest BCUT2D eigenvalue weighted by molar-refractivity contribution is 0.0934. The van der Waals surface area contributed by atoms with Crippen LogP contribution >= 0.6 is 0 Å². The lowest BCUT2D eigenvalue weighted by Crippen LogP contribution is -2.32. The highest BCUT2D eigenvalue weighted by atomic mass is 16.1. The molecule has 1 aliphatic carbocycles. The lowest BCUT2D eigenvalue weighted by Gasteiger charge is -2.25. The molecule has 1 fully saturated rings. The molecule has 16 heavy (non-hydrogen) atoms. The molecule has 1 saturated carbocycles. The first kappa shape index (κ1) is 10.6. The van der Waals surface area contributed by atoms with E-state index in [9.17, 15) is 4.79 Å². The monoisotopic (exact) mass is 215 g/mol.